The molecule has 2 aliphatic heterocycles. The van der Waals surface area contributed by atoms with E-state index >= 15 is 0 Å². The van der Waals surface area contributed by atoms with Crippen molar-refractivity contribution >= 4 is 39.4 Å². The van der Waals surface area contributed by atoms with Crippen molar-refractivity contribution in [2.24, 2.45) is 5.92 Å². The van der Waals surface area contributed by atoms with E-state index in [1.54, 1.807) is 11.3 Å². The summed E-state index contributed by atoms with van der Waals surface area (Å²) in [5, 5.41) is 1.10. The van der Waals surface area contributed by atoms with Gasteiger partial charge in [-0.25, -0.2) is 14.7 Å². The molecular weight excluding hydrogens is 376 g/mol. The van der Waals surface area contributed by atoms with Crippen LogP contribution in [-0.4, -0.2) is 63.8 Å². The molecule has 0 saturated carbocycles. The normalized spacial score (nSPS) is 21.5. The van der Waals surface area contributed by atoms with Gasteiger partial charge in [0.1, 0.15) is 0 Å². The highest BCUT2D eigenvalue weighted by molar-refractivity contribution is 7.18. The molecular formula is C20H24N4O3S. The number of carbonyl (C=O) groups excluding carboxylic acids is 3. The van der Waals surface area contributed by atoms with E-state index in [2.05, 4.69) is 11.0 Å². The van der Waals surface area contributed by atoms with Crippen molar-refractivity contribution in [3.05, 3.63) is 29.3 Å². The monoisotopic (exact) mass is 400 g/mol. The number of aromatic nitrogens is 1. The van der Waals surface area contributed by atoms with Crippen LogP contribution >= 0.6 is 11.3 Å². The third-order valence-electron chi connectivity index (χ3n) is 5.19. The van der Waals surface area contributed by atoms with Crippen molar-refractivity contribution < 1.29 is 14.4 Å². The fourth-order valence-electron chi connectivity index (χ4n) is 3.85. The van der Waals surface area contributed by atoms with Crippen LogP contribution in [0.5, 0.6) is 0 Å². The summed E-state index contributed by atoms with van der Waals surface area (Å²) in [5.41, 5.74) is 1.01. The highest BCUT2D eigenvalue weighted by Crippen LogP contribution is 2.33. The average molecular weight is 401 g/mol. The average Bonchev–Trinajstić information content (AvgIpc) is 3.20. The number of carbonyl (C=O) groups is 3. The molecule has 8 heteroatoms. The second kappa shape index (κ2) is 7.60. The molecule has 0 spiro atoms. The van der Waals surface area contributed by atoms with Gasteiger partial charge in [-0.3, -0.25) is 19.4 Å². The standard InChI is InChI=1S/C20H24N4O3S/c1-13(2)10-23-18(25)19(26)24(20(23)27)12-22-9-5-6-14(11-22)17-21-15-7-3-4-8-16(15)28-17/h3-4,7-8,13-14H,5-6,9-12H2,1-2H3/t14-/m1/s1. The van der Waals surface area contributed by atoms with Crippen molar-refractivity contribution in [3.8, 4) is 0 Å². The van der Waals surface area contributed by atoms with Crippen LogP contribution in [0.25, 0.3) is 10.2 Å². The second-order valence-corrected chi connectivity index (χ2v) is 8.96. The zero-order valence-electron chi connectivity index (χ0n) is 16.1. The third-order valence-corrected chi connectivity index (χ3v) is 6.39. The SMILES string of the molecule is CC(C)CN1C(=O)C(=O)N(CN2CCC[C@@H](c3nc4ccccc4s3)C2)C1=O. The number of para-hydroxylation sites is 1. The fraction of sp³-hybridized carbons (Fsp3) is 0.500. The Morgan fingerprint density at radius 1 is 1.14 bits per heavy atom. The van der Waals surface area contributed by atoms with E-state index in [1.165, 1.54) is 4.70 Å². The highest BCUT2D eigenvalue weighted by atomic mass is 32.1. The number of hydrogen-bond acceptors (Lipinski definition) is 6. The summed E-state index contributed by atoms with van der Waals surface area (Å²) in [5.74, 6) is -1.02. The Kier molecular flexibility index (Phi) is 5.16. The molecule has 148 valence electrons. The van der Waals surface area contributed by atoms with Crippen molar-refractivity contribution in [2.75, 3.05) is 26.3 Å². The topological polar surface area (TPSA) is 73.8 Å². The van der Waals surface area contributed by atoms with Crippen molar-refractivity contribution in [1.29, 1.82) is 0 Å². The van der Waals surface area contributed by atoms with Gasteiger partial charge in [-0.2, -0.15) is 0 Å². The van der Waals surface area contributed by atoms with E-state index in [-0.39, 0.29) is 25.0 Å². The van der Waals surface area contributed by atoms with Crippen LogP contribution in [0.1, 0.15) is 37.6 Å². The summed E-state index contributed by atoms with van der Waals surface area (Å²) in [6.07, 6.45) is 2.01. The van der Waals surface area contributed by atoms with Crippen LogP contribution in [0.15, 0.2) is 24.3 Å². The molecule has 0 N–H and O–H groups in total. The van der Waals surface area contributed by atoms with Gasteiger partial charge in [0.2, 0.25) is 0 Å². The quantitative estimate of drug-likeness (QED) is 0.570. The zero-order chi connectivity index (χ0) is 19.8. The summed E-state index contributed by atoms with van der Waals surface area (Å²) in [7, 11) is 0. The number of benzene rings is 1. The molecule has 0 bridgehead atoms. The van der Waals surface area contributed by atoms with Gasteiger partial charge < -0.3 is 0 Å². The molecule has 0 unspecified atom stereocenters. The number of nitrogens with zero attached hydrogens (tertiary/aromatic N) is 4. The predicted octanol–water partition coefficient (Wildman–Crippen LogP) is 2.88. The maximum atomic E-state index is 12.6. The first-order chi connectivity index (χ1) is 13.4. The summed E-state index contributed by atoms with van der Waals surface area (Å²) >= 11 is 1.71. The number of likely N-dealkylation sites (tertiary alicyclic amines) is 1. The molecule has 0 aliphatic carbocycles. The van der Waals surface area contributed by atoms with Gasteiger partial charge in [0.25, 0.3) is 0 Å². The lowest BCUT2D eigenvalue weighted by Crippen LogP contribution is -2.45. The first-order valence-corrected chi connectivity index (χ1v) is 10.5. The molecule has 0 radical (unpaired) electrons. The maximum absolute atomic E-state index is 12.6. The first kappa shape index (κ1) is 19.0. The largest absolute Gasteiger partial charge is 0.335 e. The number of rotatable bonds is 5. The molecule has 2 saturated heterocycles. The number of piperidine rings is 1. The molecule has 1 atom stereocenters. The van der Waals surface area contributed by atoms with Gasteiger partial charge in [-0.1, -0.05) is 26.0 Å². The molecule has 7 nitrogen and oxygen atoms in total. The fourth-order valence-corrected chi connectivity index (χ4v) is 4.94. The van der Waals surface area contributed by atoms with E-state index in [4.69, 9.17) is 4.98 Å². The minimum Gasteiger partial charge on any atom is -0.285 e. The van der Waals surface area contributed by atoms with Crippen molar-refractivity contribution in [1.82, 2.24) is 19.7 Å². The zero-order valence-corrected chi connectivity index (χ0v) is 16.9. The minimum atomic E-state index is -0.715. The summed E-state index contributed by atoms with van der Waals surface area (Å²) < 4.78 is 1.18. The lowest BCUT2D eigenvalue weighted by Gasteiger charge is -2.33. The second-order valence-electron chi connectivity index (χ2n) is 7.90. The van der Waals surface area contributed by atoms with Gasteiger partial charge in [-0.15, -0.1) is 11.3 Å². The van der Waals surface area contributed by atoms with Gasteiger partial charge in [-0.05, 0) is 37.4 Å². The smallest absolute Gasteiger partial charge is 0.285 e. The lowest BCUT2D eigenvalue weighted by atomic mass is 9.99. The van der Waals surface area contributed by atoms with Crippen LogP contribution in [0.4, 0.5) is 4.79 Å². The molecule has 3 heterocycles. The lowest BCUT2D eigenvalue weighted by molar-refractivity contribution is -0.144. The van der Waals surface area contributed by atoms with Gasteiger partial charge >= 0.3 is 17.8 Å². The Morgan fingerprint density at radius 3 is 2.64 bits per heavy atom. The van der Waals surface area contributed by atoms with Crippen LogP contribution in [0.3, 0.4) is 0 Å². The summed E-state index contributed by atoms with van der Waals surface area (Å²) in [6.45, 7) is 5.81. The van der Waals surface area contributed by atoms with Gasteiger partial charge in [0.15, 0.2) is 0 Å². The minimum absolute atomic E-state index is 0.124. The predicted molar refractivity (Wildman–Crippen MR) is 107 cm³/mol. The molecule has 2 fully saturated rings. The Bertz CT molecular complexity index is 892. The van der Waals surface area contributed by atoms with E-state index in [9.17, 15) is 14.4 Å². The molecule has 2 aliphatic rings. The Labute approximate surface area is 167 Å². The number of fused-ring (bicyclic) bond motifs is 1. The van der Waals surface area contributed by atoms with E-state index in [1.807, 2.05) is 32.0 Å². The highest BCUT2D eigenvalue weighted by Gasteiger charge is 2.45. The van der Waals surface area contributed by atoms with E-state index < -0.39 is 17.8 Å². The van der Waals surface area contributed by atoms with Crippen LogP contribution in [-0.2, 0) is 9.59 Å². The summed E-state index contributed by atoms with van der Waals surface area (Å²) in [6, 6.07) is 7.61. The number of amides is 4. The molecule has 2 aromatic rings. The maximum Gasteiger partial charge on any atom is 0.335 e. The Balaban J connectivity index is 1.45. The van der Waals surface area contributed by atoms with Crippen LogP contribution in [0.2, 0.25) is 0 Å². The Morgan fingerprint density at radius 2 is 1.89 bits per heavy atom. The molecule has 4 rings (SSSR count). The summed E-state index contributed by atoms with van der Waals surface area (Å²) in [4.78, 5) is 46.1. The number of hydrogen-bond donors (Lipinski definition) is 0. The number of urea groups is 1. The number of imide groups is 2. The van der Waals surface area contributed by atoms with Crippen molar-refractivity contribution in [3.63, 3.8) is 0 Å². The van der Waals surface area contributed by atoms with Gasteiger partial charge in [0.05, 0.1) is 21.9 Å². The molecule has 4 amide bonds. The molecule has 1 aromatic heterocycles. The third kappa shape index (κ3) is 3.54. The van der Waals surface area contributed by atoms with Crippen LogP contribution in [0, 0.1) is 5.92 Å². The van der Waals surface area contributed by atoms with E-state index in [0.717, 1.165) is 46.3 Å². The Hall–Kier alpha value is -2.32. The van der Waals surface area contributed by atoms with Gasteiger partial charge in [0, 0.05) is 19.0 Å². The van der Waals surface area contributed by atoms with Crippen molar-refractivity contribution in [2.45, 2.75) is 32.6 Å². The molecule has 28 heavy (non-hydrogen) atoms. The van der Waals surface area contributed by atoms with Crippen LogP contribution < -0.4 is 0 Å². The molecule has 1 aromatic carbocycles. The van der Waals surface area contributed by atoms with E-state index in [0.29, 0.717) is 0 Å². The first-order valence-electron chi connectivity index (χ1n) is 9.69. The number of thiazole rings is 1.